The summed E-state index contributed by atoms with van der Waals surface area (Å²) < 4.78 is 44.9. The Morgan fingerprint density at radius 1 is 1.26 bits per heavy atom. The molecule has 38 heavy (non-hydrogen) atoms. The Hall–Kier alpha value is -3.64. The monoisotopic (exact) mass is 547 g/mol. The van der Waals surface area contributed by atoms with Crippen LogP contribution < -0.4 is 16.0 Å². The molecule has 1 amide bonds. The molecule has 2 atom stereocenters. The predicted molar refractivity (Wildman–Crippen MR) is 142 cm³/mol. The van der Waals surface area contributed by atoms with Gasteiger partial charge in [-0.3, -0.25) is 4.79 Å². The van der Waals surface area contributed by atoms with Crippen LogP contribution in [0.2, 0.25) is 0 Å². The Morgan fingerprint density at radius 2 is 2.05 bits per heavy atom. The molecule has 4 N–H and O–H groups in total. The van der Waals surface area contributed by atoms with Crippen molar-refractivity contribution in [2.24, 2.45) is 0 Å². The quantitative estimate of drug-likeness (QED) is 0.264. The van der Waals surface area contributed by atoms with E-state index in [1.165, 1.54) is 43.5 Å². The number of carbonyl (C=O) groups is 1. The Bertz CT molecular complexity index is 1370. The van der Waals surface area contributed by atoms with E-state index in [1.54, 1.807) is 17.7 Å². The minimum absolute atomic E-state index is 0.0494. The molecule has 2 aromatic heterocycles. The molecule has 0 aliphatic heterocycles. The molecule has 8 nitrogen and oxygen atoms in total. The maximum Gasteiger partial charge on any atom is 0.387 e. The van der Waals surface area contributed by atoms with Crippen LogP contribution in [0.4, 0.5) is 30.4 Å². The first-order chi connectivity index (χ1) is 17.9. The van der Waals surface area contributed by atoms with E-state index in [0.717, 1.165) is 15.9 Å². The molecule has 0 saturated carbocycles. The summed E-state index contributed by atoms with van der Waals surface area (Å²) in [5.41, 5.74) is 1.56. The number of thiazole rings is 1. The predicted octanol–water partition coefficient (Wildman–Crippen LogP) is 5.53. The van der Waals surface area contributed by atoms with E-state index in [2.05, 4.69) is 30.7 Å². The molecule has 202 valence electrons. The molecule has 2 heterocycles. The number of benzene rings is 1. The first-order valence-corrected chi connectivity index (χ1v) is 12.7. The lowest BCUT2D eigenvalue weighted by molar-refractivity contribution is -0.0926. The number of fused-ring (bicyclic) bond motifs is 1. The number of anilines is 3. The van der Waals surface area contributed by atoms with Gasteiger partial charge in [-0.1, -0.05) is 6.08 Å². The molecule has 0 saturated heterocycles. The van der Waals surface area contributed by atoms with Gasteiger partial charge in [0.15, 0.2) is 0 Å². The van der Waals surface area contributed by atoms with Gasteiger partial charge in [0.2, 0.25) is 0 Å². The SMILES string of the molecule is CC1(Nc2cc(Nc3ccc4ncsc4c3)ncc2C(=O)NC[C@@H](F)C(C)(C)O)C=CC(OC(F)F)=CC1. The Kier molecular flexibility index (Phi) is 7.93. The van der Waals surface area contributed by atoms with Gasteiger partial charge in [-0.15, -0.1) is 11.3 Å². The fraction of sp³-hybridized carbons (Fsp3) is 0.346. The van der Waals surface area contributed by atoms with E-state index in [1.807, 2.05) is 25.1 Å². The van der Waals surface area contributed by atoms with Crippen LogP contribution in [0.15, 0.2) is 60.0 Å². The van der Waals surface area contributed by atoms with E-state index >= 15 is 0 Å². The summed E-state index contributed by atoms with van der Waals surface area (Å²) in [5, 5.41) is 18.8. The number of hydrogen-bond acceptors (Lipinski definition) is 8. The second-order valence-corrected chi connectivity index (χ2v) is 10.6. The molecule has 3 aromatic rings. The number of nitrogens with one attached hydrogen (secondary N) is 3. The van der Waals surface area contributed by atoms with E-state index < -0.39 is 36.4 Å². The highest BCUT2D eigenvalue weighted by Crippen LogP contribution is 2.31. The van der Waals surface area contributed by atoms with Crippen molar-refractivity contribution in [1.29, 1.82) is 0 Å². The second kappa shape index (κ2) is 11.0. The molecule has 1 aliphatic rings. The van der Waals surface area contributed by atoms with Crippen molar-refractivity contribution in [2.75, 3.05) is 17.2 Å². The normalized spacial score (nSPS) is 18.3. The molecule has 0 radical (unpaired) electrons. The van der Waals surface area contributed by atoms with E-state index in [0.29, 0.717) is 17.9 Å². The van der Waals surface area contributed by atoms with Crippen molar-refractivity contribution >= 4 is 44.7 Å². The molecule has 0 spiro atoms. The highest BCUT2D eigenvalue weighted by Gasteiger charge is 2.29. The number of pyridine rings is 1. The van der Waals surface area contributed by atoms with Gasteiger partial charge < -0.3 is 25.8 Å². The third-order valence-corrected chi connectivity index (χ3v) is 6.74. The Morgan fingerprint density at radius 3 is 2.74 bits per heavy atom. The van der Waals surface area contributed by atoms with E-state index in [-0.39, 0.29) is 11.3 Å². The van der Waals surface area contributed by atoms with Crippen LogP contribution in [-0.2, 0) is 4.74 Å². The summed E-state index contributed by atoms with van der Waals surface area (Å²) >= 11 is 1.50. The van der Waals surface area contributed by atoms with Crippen molar-refractivity contribution in [1.82, 2.24) is 15.3 Å². The lowest BCUT2D eigenvalue weighted by atomic mass is 9.92. The number of aliphatic hydroxyl groups is 1. The van der Waals surface area contributed by atoms with Crippen molar-refractivity contribution < 1.29 is 27.8 Å². The molecule has 12 heteroatoms. The fourth-order valence-corrected chi connectivity index (χ4v) is 4.44. The van der Waals surface area contributed by atoms with Crippen molar-refractivity contribution in [3.8, 4) is 0 Å². The standard InChI is InChI=1S/C26H28F3N5O3S/c1-25(2,36)21(27)13-31-23(35)17-12-30-22(33-15-4-5-18-20(10-15)38-14-32-18)11-19(17)34-26(3)8-6-16(7-9-26)37-24(28)29/h4-8,10-12,14,21,24,36H,9,13H2,1-3H3,(H,31,35)(H2,30,33,34)/t21-,26?/m1/s1. The molecule has 0 bridgehead atoms. The number of amides is 1. The van der Waals surface area contributed by atoms with Gasteiger partial charge in [0.25, 0.3) is 5.91 Å². The van der Waals surface area contributed by atoms with Crippen LogP contribution in [0.5, 0.6) is 0 Å². The summed E-state index contributed by atoms with van der Waals surface area (Å²) in [6.07, 6.45) is 4.61. The van der Waals surface area contributed by atoms with Gasteiger partial charge in [0, 0.05) is 18.0 Å². The summed E-state index contributed by atoms with van der Waals surface area (Å²) in [6, 6.07) is 7.31. The van der Waals surface area contributed by atoms with Gasteiger partial charge in [-0.2, -0.15) is 8.78 Å². The molecule has 1 aromatic carbocycles. The van der Waals surface area contributed by atoms with Gasteiger partial charge in [-0.05, 0) is 57.5 Å². The van der Waals surface area contributed by atoms with Crippen LogP contribution >= 0.6 is 11.3 Å². The number of alkyl halides is 3. The minimum atomic E-state index is -2.93. The van der Waals surface area contributed by atoms with Crippen LogP contribution in [0.1, 0.15) is 37.6 Å². The topological polar surface area (TPSA) is 108 Å². The van der Waals surface area contributed by atoms with Gasteiger partial charge >= 0.3 is 6.61 Å². The first-order valence-electron chi connectivity index (χ1n) is 11.8. The van der Waals surface area contributed by atoms with Gasteiger partial charge in [0.05, 0.1) is 44.7 Å². The zero-order valence-electron chi connectivity index (χ0n) is 21.0. The van der Waals surface area contributed by atoms with Crippen molar-refractivity contribution in [3.05, 3.63) is 65.5 Å². The number of aromatic nitrogens is 2. The number of hydrogen-bond donors (Lipinski definition) is 4. The highest BCUT2D eigenvalue weighted by molar-refractivity contribution is 7.16. The third-order valence-electron chi connectivity index (χ3n) is 5.95. The summed E-state index contributed by atoms with van der Waals surface area (Å²) in [5.74, 6) is -0.105. The molecule has 4 rings (SSSR count). The fourth-order valence-electron chi connectivity index (χ4n) is 3.72. The molecule has 0 fully saturated rings. The lowest BCUT2D eigenvalue weighted by Crippen LogP contribution is -2.42. The summed E-state index contributed by atoms with van der Waals surface area (Å²) in [7, 11) is 0. The number of carbonyl (C=O) groups excluding carboxylic acids is 1. The maximum absolute atomic E-state index is 14.3. The largest absolute Gasteiger partial charge is 0.435 e. The average molecular weight is 548 g/mol. The van der Waals surface area contributed by atoms with Crippen LogP contribution in [0, 0.1) is 0 Å². The zero-order valence-corrected chi connectivity index (χ0v) is 21.8. The number of nitrogens with zero attached hydrogens (tertiary/aromatic N) is 2. The molecular formula is C26H28F3N5O3S. The van der Waals surface area contributed by atoms with Crippen molar-refractivity contribution in [2.45, 2.75) is 51.1 Å². The van der Waals surface area contributed by atoms with Gasteiger partial charge in [0.1, 0.15) is 17.7 Å². The average Bonchev–Trinajstić information content (AvgIpc) is 3.31. The smallest absolute Gasteiger partial charge is 0.387 e. The number of ether oxygens (including phenoxy) is 1. The number of rotatable bonds is 10. The molecule has 1 unspecified atom stereocenters. The summed E-state index contributed by atoms with van der Waals surface area (Å²) in [6.45, 7) is 1.14. The van der Waals surface area contributed by atoms with Gasteiger partial charge in [-0.25, -0.2) is 14.4 Å². The number of halogens is 3. The first kappa shape index (κ1) is 27.4. The highest BCUT2D eigenvalue weighted by atomic mass is 32.1. The number of allylic oxidation sites excluding steroid dienone is 1. The lowest BCUT2D eigenvalue weighted by Gasteiger charge is -2.31. The zero-order chi connectivity index (χ0) is 27.5. The Balaban J connectivity index is 1.59. The molecule has 1 aliphatic carbocycles. The molecular weight excluding hydrogens is 519 g/mol. The van der Waals surface area contributed by atoms with Crippen LogP contribution in [-0.4, -0.2) is 51.4 Å². The summed E-state index contributed by atoms with van der Waals surface area (Å²) in [4.78, 5) is 21.6. The maximum atomic E-state index is 14.3. The van der Waals surface area contributed by atoms with Crippen molar-refractivity contribution in [3.63, 3.8) is 0 Å². The van der Waals surface area contributed by atoms with E-state index in [4.69, 9.17) is 0 Å². The Labute approximate surface area is 221 Å². The minimum Gasteiger partial charge on any atom is -0.435 e. The van der Waals surface area contributed by atoms with E-state index in [9.17, 15) is 23.1 Å². The third kappa shape index (κ3) is 6.81. The second-order valence-electron chi connectivity index (χ2n) is 9.67. The van der Waals surface area contributed by atoms with Crippen LogP contribution in [0.25, 0.3) is 10.2 Å². The van der Waals surface area contributed by atoms with Crippen LogP contribution in [0.3, 0.4) is 0 Å².